The lowest BCUT2D eigenvalue weighted by molar-refractivity contribution is -0.140. The molecule has 0 bridgehead atoms. The van der Waals surface area contributed by atoms with Gasteiger partial charge in [-0.25, -0.2) is 4.98 Å². The lowest BCUT2D eigenvalue weighted by Gasteiger charge is -2.10. The molecule has 2 unspecified atom stereocenters. The van der Waals surface area contributed by atoms with Gasteiger partial charge in [0.15, 0.2) is 0 Å². The van der Waals surface area contributed by atoms with E-state index in [4.69, 9.17) is 23.2 Å². The molecule has 1 aromatic carbocycles. The van der Waals surface area contributed by atoms with Crippen LogP contribution in [0, 0.1) is 17.8 Å². The van der Waals surface area contributed by atoms with E-state index in [1.54, 1.807) is 12.1 Å². The van der Waals surface area contributed by atoms with Crippen LogP contribution in [0.25, 0.3) is 0 Å². The Morgan fingerprint density at radius 2 is 1.86 bits per heavy atom. The van der Waals surface area contributed by atoms with Crippen LogP contribution < -0.4 is 0 Å². The summed E-state index contributed by atoms with van der Waals surface area (Å²) in [6.45, 7) is 0. The van der Waals surface area contributed by atoms with Crippen LogP contribution in [0.4, 0.5) is 0 Å². The minimum absolute atomic E-state index is 0.224. The van der Waals surface area contributed by atoms with Crippen molar-refractivity contribution in [3.8, 4) is 11.8 Å². The molecule has 1 aromatic heterocycles. The molecule has 2 atom stereocenters. The SMILES string of the molecule is O=C(O)C1(c2ccccc2)CC1C#Cc1cc(Cl)nc(Cl)c1. The summed E-state index contributed by atoms with van der Waals surface area (Å²) in [5.41, 5.74) is 0.506. The number of nitrogens with zero attached hydrogens (tertiary/aromatic N) is 1. The van der Waals surface area contributed by atoms with E-state index >= 15 is 0 Å². The largest absolute Gasteiger partial charge is 0.481 e. The van der Waals surface area contributed by atoms with Gasteiger partial charge in [-0.1, -0.05) is 65.4 Å². The number of aromatic nitrogens is 1. The predicted molar refractivity (Wildman–Crippen MR) is 85.0 cm³/mol. The molecule has 1 N–H and O–H groups in total. The molecule has 0 spiro atoms. The van der Waals surface area contributed by atoms with Crippen molar-refractivity contribution in [3.63, 3.8) is 0 Å². The van der Waals surface area contributed by atoms with Crippen molar-refractivity contribution in [1.82, 2.24) is 4.98 Å². The topological polar surface area (TPSA) is 50.2 Å². The molecule has 2 aromatic rings. The Hall–Kier alpha value is -2.02. The lowest BCUT2D eigenvalue weighted by Crippen LogP contribution is -2.22. The summed E-state index contributed by atoms with van der Waals surface area (Å²) < 4.78 is 0. The number of hydrogen-bond donors (Lipinski definition) is 1. The zero-order chi connectivity index (χ0) is 15.7. The summed E-state index contributed by atoms with van der Waals surface area (Å²) in [5.74, 6) is 4.90. The van der Waals surface area contributed by atoms with Crippen molar-refractivity contribution < 1.29 is 9.90 Å². The Labute approximate surface area is 137 Å². The van der Waals surface area contributed by atoms with Crippen molar-refractivity contribution in [2.75, 3.05) is 0 Å². The predicted octanol–water partition coefficient (Wildman–Crippen LogP) is 3.78. The highest BCUT2D eigenvalue weighted by atomic mass is 35.5. The van der Waals surface area contributed by atoms with Crippen molar-refractivity contribution in [1.29, 1.82) is 0 Å². The van der Waals surface area contributed by atoms with Gasteiger partial charge >= 0.3 is 5.97 Å². The van der Waals surface area contributed by atoms with Crippen LogP contribution in [0.1, 0.15) is 17.5 Å². The molecule has 1 heterocycles. The van der Waals surface area contributed by atoms with Crippen molar-refractivity contribution in [3.05, 3.63) is 63.9 Å². The zero-order valence-electron chi connectivity index (χ0n) is 11.4. The van der Waals surface area contributed by atoms with Crippen LogP contribution in [0.3, 0.4) is 0 Å². The smallest absolute Gasteiger partial charge is 0.315 e. The number of rotatable bonds is 2. The van der Waals surface area contributed by atoms with Crippen LogP contribution in [0.15, 0.2) is 42.5 Å². The number of hydrogen-bond acceptors (Lipinski definition) is 2. The van der Waals surface area contributed by atoms with Gasteiger partial charge in [-0.05, 0) is 24.1 Å². The molecule has 5 heteroatoms. The first-order chi connectivity index (χ1) is 10.5. The average molecular weight is 332 g/mol. The molecule has 1 saturated carbocycles. The normalized spacial score (nSPS) is 22.5. The van der Waals surface area contributed by atoms with E-state index in [2.05, 4.69) is 16.8 Å². The Kier molecular flexibility index (Phi) is 3.82. The van der Waals surface area contributed by atoms with Gasteiger partial charge in [-0.3, -0.25) is 4.79 Å². The van der Waals surface area contributed by atoms with Crippen LogP contribution >= 0.6 is 23.2 Å². The number of pyridine rings is 1. The molecule has 1 aliphatic carbocycles. The van der Waals surface area contributed by atoms with Crippen molar-refractivity contribution >= 4 is 29.2 Å². The third-order valence-corrected chi connectivity index (χ3v) is 4.17. The molecule has 22 heavy (non-hydrogen) atoms. The number of halogens is 2. The van der Waals surface area contributed by atoms with E-state index in [-0.39, 0.29) is 16.2 Å². The standard InChI is InChI=1S/C17H11Cl2NO2/c18-14-8-11(9-15(19)20-14)6-7-13-10-17(13,16(21)22)12-4-2-1-3-5-12/h1-5,8-9,13H,10H2,(H,21,22). The first kappa shape index (κ1) is 14.9. The summed E-state index contributed by atoms with van der Waals surface area (Å²) in [4.78, 5) is 15.5. The van der Waals surface area contributed by atoms with Gasteiger partial charge in [0.25, 0.3) is 0 Å². The van der Waals surface area contributed by atoms with Crippen molar-refractivity contribution in [2.45, 2.75) is 11.8 Å². The summed E-state index contributed by atoms with van der Waals surface area (Å²) in [7, 11) is 0. The fraction of sp³-hybridized carbons (Fsp3) is 0.176. The average Bonchev–Trinajstić information content (AvgIpc) is 3.21. The maximum atomic E-state index is 11.7. The monoisotopic (exact) mass is 331 g/mol. The van der Waals surface area contributed by atoms with Crippen LogP contribution in [-0.4, -0.2) is 16.1 Å². The van der Waals surface area contributed by atoms with Crippen LogP contribution in [-0.2, 0) is 10.2 Å². The van der Waals surface area contributed by atoms with E-state index in [9.17, 15) is 9.90 Å². The van der Waals surface area contributed by atoms with Gasteiger partial charge in [-0.2, -0.15) is 0 Å². The van der Waals surface area contributed by atoms with Crippen molar-refractivity contribution in [2.24, 2.45) is 5.92 Å². The van der Waals surface area contributed by atoms with Gasteiger partial charge in [0.1, 0.15) is 15.7 Å². The molecular formula is C17H11Cl2NO2. The molecule has 1 fully saturated rings. The number of benzene rings is 1. The van der Waals surface area contributed by atoms with Crippen LogP contribution in [0.5, 0.6) is 0 Å². The first-order valence-electron chi connectivity index (χ1n) is 6.66. The molecular weight excluding hydrogens is 321 g/mol. The molecule has 3 nitrogen and oxygen atoms in total. The second kappa shape index (κ2) is 5.64. The summed E-state index contributed by atoms with van der Waals surface area (Å²) in [6.07, 6.45) is 0.506. The molecule has 110 valence electrons. The highest BCUT2D eigenvalue weighted by molar-refractivity contribution is 6.32. The number of aliphatic carboxylic acids is 1. The van der Waals surface area contributed by atoms with Gasteiger partial charge < -0.3 is 5.11 Å². The lowest BCUT2D eigenvalue weighted by atomic mass is 9.93. The summed E-state index contributed by atoms with van der Waals surface area (Å²) >= 11 is 11.7. The zero-order valence-corrected chi connectivity index (χ0v) is 12.9. The quantitative estimate of drug-likeness (QED) is 0.673. The first-order valence-corrected chi connectivity index (χ1v) is 7.41. The Balaban J connectivity index is 1.89. The van der Waals surface area contributed by atoms with E-state index in [1.165, 1.54) is 0 Å². The minimum atomic E-state index is -0.908. The fourth-order valence-corrected chi connectivity index (χ4v) is 3.02. The Morgan fingerprint density at radius 3 is 2.45 bits per heavy atom. The molecule has 1 aliphatic rings. The second-order valence-corrected chi connectivity index (χ2v) is 5.94. The summed E-state index contributed by atoms with van der Waals surface area (Å²) in [6, 6.07) is 12.4. The highest BCUT2D eigenvalue weighted by Gasteiger charge is 2.61. The highest BCUT2D eigenvalue weighted by Crippen LogP contribution is 2.54. The molecule has 0 radical (unpaired) electrons. The van der Waals surface area contributed by atoms with Gasteiger partial charge in [-0.15, -0.1) is 0 Å². The van der Waals surface area contributed by atoms with E-state index in [1.807, 2.05) is 30.3 Å². The van der Waals surface area contributed by atoms with Crippen LogP contribution in [0.2, 0.25) is 10.3 Å². The fourth-order valence-electron chi connectivity index (χ4n) is 2.56. The van der Waals surface area contributed by atoms with E-state index < -0.39 is 11.4 Å². The summed E-state index contributed by atoms with van der Waals surface area (Å²) in [5, 5.41) is 10.1. The Bertz CT molecular complexity index is 775. The van der Waals surface area contributed by atoms with Gasteiger partial charge in [0.05, 0.1) is 0 Å². The molecule has 0 amide bonds. The molecule has 0 saturated heterocycles. The van der Waals surface area contributed by atoms with E-state index in [0.29, 0.717) is 12.0 Å². The Morgan fingerprint density at radius 1 is 1.23 bits per heavy atom. The van der Waals surface area contributed by atoms with Gasteiger partial charge in [0.2, 0.25) is 0 Å². The maximum Gasteiger partial charge on any atom is 0.315 e. The number of carbonyl (C=O) groups is 1. The third kappa shape index (κ3) is 2.68. The number of carboxylic acids is 1. The molecule has 0 aliphatic heterocycles. The maximum absolute atomic E-state index is 11.7. The second-order valence-electron chi connectivity index (χ2n) is 5.17. The molecule has 3 rings (SSSR count). The van der Waals surface area contributed by atoms with E-state index in [0.717, 1.165) is 5.56 Å². The third-order valence-electron chi connectivity index (χ3n) is 3.78. The minimum Gasteiger partial charge on any atom is -0.481 e. The number of carboxylic acid groups (broad SMARTS) is 1. The van der Waals surface area contributed by atoms with Gasteiger partial charge in [0, 0.05) is 11.5 Å².